The molecule has 1 heterocycles. The number of nitrogens with one attached hydrogen (secondary N) is 2. The van der Waals surface area contributed by atoms with E-state index in [1.807, 2.05) is 65.0 Å². The van der Waals surface area contributed by atoms with Gasteiger partial charge < -0.3 is 4.74 Å². The topological polar surface area (TPSA) is 50.4 Å². The standard InChI is InChI=1S/C20H24N2O2/c1-19(2,3)24-15-10-9-13-7-6-8-14(16(13)12-15)11-17-18(23)21-22-20(17,4)5/h6-12,22H,1-5H3,(H,21,23)/b17-11+. The van der Waals surface area contributed by atoms with Crippen molar-refractivity contribution in [3.05, 3.63) is 47.5 Å². The fourth-order valence-electron chi connectivity index (χ4n) is 2.85. The number of carbonyl (C=O) groups excluding carboxylic acids is 1. The average Bonchev–Trinajstić information content (AvgIpc) is 2.73. The van der Waals surface area contributed by atoms with Crippen molar-refractivity contribution in [2.75, 3.05) is 0 Å². The second-order valence-electron chi connectivity index (χ2n) is 7.71. The van der Waals surface area contributed by atoms with Crippen LogP contribution in [0.2, 0.25) is 0 Å². The van der Waals surface area contributed by atoms with Gasteiger partial charge in [0, 0.05) is 5.57 Å². The lowest BCUT2D eigenvalue weighted by Gasteiger charge is -2.21. The molecule has 1 aliphatic heterocycles. The number of fused-ring (bicyclic) bond motifs is 1. The number of amides is 1. The maximum atomic E-state index is 12.1. The van der Waals surface area contributed by atoms with Crippen molar-refractivity contribution >= 4 is 22.8 Å². The largest absolute Gasteiger partial charge is 0.488 e. The minimum atomic E-state index is -0.404. The monoisotopic (exact) mass is 324 g/mol. The third-order valence-electron chi connectivity index (χ3n) is 4.02. The van der Waals surface area contributed by atoms with Crippen molar-refractivity contribution in [3.8, 4) is 5.75 Å². The Kier molecular flexibility index (Phi) is 3.88. The molecule has 0 atom stereocenters. The Hall–Kier alpha value is -2.33. The van der Waals surface area contributed by atoms with Crippen LogP contribution in [0.5, 0.6) is 5.75 Å². The number of rotatable bonds is 2. The Morgan fingerprint density at radius 1 is 1.12 bits per heavy atom. The van der Waals surface area contributed by atoms with Gasteiger partial charge in [0.2, 0.25) is 0 Å². The highest BCUT2D eigenvalue weighted by molar-refractivity contribution is 6.04. The fourth-order valence-corrected chi connectivity index (χ4v) is 2.85. The summed E-state index contributed by atoms with van der Waals surface area (Å²) in [5.41, 5.74) is 6.77. The van der Waals surface area contributed by atoms with E-state index in [2.05, 4.69) is 23.0 Å². The first-order chi connectivity index (χ1) is 11.2. The molecule has 2 aromatic carbocycles. The maximum absolute atomic E-state index is 12.1. The molecule has 0 spiro atoms. The van der Waals surface area contributed by atoms with Gasteiger partial charge in [0.25, 0.3) is 5.91 Å². The van der Waals surface area contributed by atoms with Crippen LogP contribution in [0.25, 0.3) is 16.8 Å². The van der Waals surface area contributed by atoms with Crippen LogP contribution in [0.4, 0.5) is 0 Å². The molecule has 0 saturated carbocycles. The molecule has 126 valence electrons. The molecule has 0 bridgehead atoms. The van der Waals surface area contributed by atoms with E-state index in [0.29, 0.717) is 0 Å². The van der Waals surface area contributed by atoms with Crippen LogP contribution in [0.15, 0.2) is 42.0 Å². The van der Waals surface area contributed by atoms with E-state index in [9.17, 15) is 4.79 Å². The average molecular weight is 324 g/mol. The summed E-state index contributed by atoms with van der Waals surface area (Å²) >= 11 is 0. The summed E-state index contributed by atoms with van der Waals surface area (Å²) in [5.74, 6) is 0.744. The van der Waals surface area contributed by atoms with Crippen molar-refractivity contribution in [1.82, 2.24) is 10.9 Å². The second-order valence-corrected chi connectivity index (χ2v) is 7.71. The summed E-state index contributed by atoms with van der Waals surface area (Å²) in [4.78, 5) is 12.1. The third-order valence-corrected chi connectivity index (χ3v) is 4.02. The Bertz CT molecular complexity index is 829. The molecular formula is C20H24N2O2. The first kappa shape index (κ1) is 16.5. The van der Waals surface area contributed by atoms with Gasteiger partial charge in [0.1, 0.15) is 11.4 Å². The third kappa shape index (κ3) is 3.29. The van der Waals surface area contributed by atoms with Gasteiger partial charge in [-0.25, -0.2) is 5.43 Å². The summed E-state index contributed by atoms with van der Waals surface area (Å²) in [6, 6.07) is 12.2. The van der Waals surface area contributed by atoms with E-state index in [1.54, 1.807) is 0 Å². The zero-order chi connectivity index (χ0) is 17.5. The number of carbonyl (C=O) groups is 1. The van der Waals surface area contributed by atoms with Crippen LogP contribution in [0.3, 0.4) is 0 Å². The van der Waals surface area contributed by atoms with Crippen LogP contribution in [-0.2, 0) is 4.79 Å². The molecule has 0 unspecified atom stereocenters. The van der Waals surface area contributed by atoms with E-state index < -0.39 is 5.54 Å². The summed E-state index contributed by atoms with van der Waals surface area (Å²) in [6.45, 7) is 10.1. The van der Waals surface area contributed by atoms with Crippen molar-refractivity contribution < 1.29 is 9.53 Å². The summed E-state index contributed by atoms with van der Waals surface area (Å²) in [5, 5.41) is 2.19. The Balaban J connectivity index is 2.11. The minimum absolute atomic E-state index is 0.0842. The minimum Gasteiger partial charge on any atom is -0.488 e. The van der Waals surface area contributed by atoms with Crippen LogP contribution >= 0.6 is 0 Å². The predicted octanol–water partition coefficient (Wildman–Crippen LogP) is 3.81. The lowest BCUT2D eigenvalue weighted by molar-refractivity contribution is -0.116. The molecule has 3 rings (SSSR count). The Morgan fingerprint density at radius 3 is 2.50 bits per heavy atom. The van der Waals surface area contributed by atoms with Crippen molar-refractivity contribution in [3.63, 3.8) is 0 Å². The zero-order valence-electron chi connectivity index (χ0n) is 14.9. The Morgan fingerprint density at radius 2 is 1.88 bits per heavy atom. The van der Waals surface area contributed by atoms with Crippen molar-refractivity contribution in [1.29, 1.82) is 0 Å². The van der Waals surface area contributed by atoms with Crippen LogP contribution in [0.1, 0.15) is 40.2 Å². The van der Waals surface area contributed by atoms with Gasteiger partial charge in [-0.15, -0.1) is 0 Å². The second kappa shape index (κ2) is 5.64. The van der Waals surface area contributed by atoms with E-state index in [0.717, 1.165) is 27.7 Å². The van der Waals surface area contributed by atoms with Crippen LogP contribution < -0.4 is 15.6 Å². The van der Waals surface area contributed by atoms with E-state index >= 15 is 0 Å². The van der Waals surface area contributed by atoms with Gasteiger partial charge in [0.15, 0.2) is 0 Å². The van der Waals surface area contributed by atoms with E-state index in [1.165, 1.54) is 0 Å². The molecule has 0 aromatic heterocycles. The SMILES string of the molecule is CC(C)(C)Oc1ccc2cccc(/C=C3\C(=O)NNC3(C)C)c2c1. The van der Waals surface area contributed by atoms with Gasteiger partial charge in [-0.3, -0.25) is 10.2 Å². The van der Waals surface area contributed by atoms with Gasteiger partial charge in [-0.05, 0) is 69.2 Å². The number of ether oxygens (including phenoxy) is 1. The van der Waals surface area contributed by atoms with Gasteiger partial charge in [-0.2, -0.15) is 0 Å². The lowest BCUT2D eigenvalue weighted by Crippen LogP contribution is -2.38. The summed E-state index contributed by atoms with van der Waals surface area (Å²) < 4.78 is 5.98. The number of benzene rings is 2. The first-order valence-corrected chi connectivity index (χ1v) is 8.17. The lowest BCUT2D eigenvalue weighted by atomic mass is 9.92. The molecule has 1 saturated heterocycles. The highest BCUT2D eigenvalue weighted by Gasteiger charge is 2.35. The van der Waals surface area contributed by atoms with E-state index in [-0.39, 0.29) is 11.5 Å². The van der Waals surface area contributed by atoms with Gasteiger partial charge in [0.05, 0.1) is 5.54 Å². The highest BCUT2D eigenvalue weighted by Crippen LogP contribution is 2.30. The normalized spacial score (nSPS) is 18.9. The number of hydrogen-bond acceptors (Lipinski definition) is 3. The summed E-state index contributed by atoms with van der Waals surface area (Å²) in [6.07, 6.45) is 1.96. The van der Waals surface area contributed by atoms with Crippen molar-refractivity contribution in [2.24, 2.45) is 0 Å². The molecular weight excluding hydrogens is 300 g/mol. The molecule has 4 nitrogen and oxygen atoms in total. The molecule has 1 amide bonds. The molecule has 4 heteroatoms. The quantitative estimate of drug-likeness (QED) is 0.826. The number of hydrogen-bond donors (Lipinski definition) is 2. The number of hydrazine groups is 1. The van der Waals surface area contributed by atoms with Crippen molar-refractivity contribution in [2.45, 2.75) is 45.8 Å². The Labute approximate surface area is 142 Å². The molecule has 1 fully saturated rings. The molecule has 0 radical (unpaired) electrons. The molecule has 24 heavy (non-hydrogen) atoms. The molecule has 2 N–H and O–H groups in total. The van der Waals surface area contributed by atoms with Crippen LogP contribution in [-0.4, -0.2) is 17.0 Å². The zero-order valence-corrected chi connectivity index (χ0v) is 14.9. The van der Waals surface area contributed by atoms with Crippen LogP contribution in [0, 0.1) is 0 Å². The smallest absolute Gasteiger partial charge is 0.263 e. The molecule has 2 aromatic rings. The molecule has 0 aliphatic carbocycles. The maximum Gasteiger partial charge on any atom is 0.263 e. The van der Waals surface area contributed by atoms with Gasteiger partial charge in [-0.1, -0.05) is 24.3 Å². The van der Waals surface area contributed by atoms with Gasteiger partial charge >= 0.3 is 0 Å². The summed E-state index contributed by atoms with van der Waals surface area (Å²) in [7, 11) is 0. The highest BCUT2D eigenvalue weighted by atomic mass is 16.5. The van der Waals surface area contributed by atoms with E-state index in [4.69, 9.17) is 4.74 Å². The fraction of sp³-hybridized carbons (Fsp3) is 0.350. The molecule has 1 aliphatic rings. The predicted molar refractivity (Wildman–Crippen MR) is 97.7 cm³/mol. The first-order valence-electron chi connectivity index (χ1n) is 8.17.